The monoisotopic (exact) mass is 489 g/mol. The average molecular weight is 490 g/mol. The van der Waals surface area contributed by atoms with E-state index in [1.54, 1.807) is 31.4 Å². The summed E-state index contributed by atoms with van der Waals surface area (Å²) < 4.78 is 26.3. The molecule has 0 radical (unpaired) electrons. The number of fused-ring (bicyclic) bond motifs is 1. The van der Waals surface area contributed by atoms with E-state index in [0.29, 0.717) is 54.2 Å². The number of nitrogens with zero attached hydrogens (tertiary/aromatic N) is 2. The molecule has 0 saturated heterocycles. The molecule has 0 aliphatic rings. The largest absolute Gasteiger partial charge is 0.493 e. The molecule has 2 aromatic carbocycles. The zero-order chi connectivity index (χ0) is 24.5. The van der Waals surface area contributed by atoms with Gasteiger partial charge in [0.2, 0.25) is 5.91 Å². The number of nitrogens with two attached hydrogens (primary N) is 1. The van der Waals surface area contributed by atoms with Crippen LogP contribution >= 0.6 is 11.6 Å². The van der Waals surface area contributed by atoms with Gasteiger partial charge in [-0.1, -0.05) is 31.0 Å². The Bertz CT molecular complexity index is 1130. The molecular weight excluding hydrogens is 461 g/mol. The first kappa shape index (κ1) is 25.5. The van der Waals surface area contributed by atoms with E-state index in [1.807, 2.05) is 0 Å². The summed E-state index contributed by atoms with van der Waals surface area (Å²) in [4.78, 5) is 20.6. The number of hydrogen-bond acceptors (Lipinski definition) is 7. The number of nitrogens with one attached hydrogen (secondary N) is 2. The molecule has 182 valence electrons. The van der Waals surface area contributed by atoms with Gasteiger partial charge in [-0.05, 0) is 31.0 Å². The van der Waals surface area contributed by atoms with Crippen molar-refractivity contribution in [3.8, 4) is 11.5 Å². The SMILES string of the molecule is CCCC(CCC(=O)NCCN)Oc1cc2c(Nc3cccc(Cl)c3F)ncnc2cc1OC. The van der Waals surface area contributed by atoms with Crippen molar-refractivity contribution in [2.45, 2.75) is 38.7 Å². The first-order valence-electron chi connectivity index (χ1n) is 11.1. The van der Waals surface area contributed by atoms with Crippen LogP contribution in [0.25, 0.3) is 10.9 Å². The number of ether oxygens (including phenoxy) is 2. The second kappa shape index (κ2) is 12.3. The van der Waals surface area contributed by atoms with Gasteiger partial charge in [-0.25, -0.2) is 14.4 Å². The van der Waals surface area contributed by atoms with Gasteiger partial charge in [-0.15, -0.1) is 0 Å². The van der Waals surface area contributed by atoms with Crippen molar-refractivity contribution in [1.82, 2.24) is 15.3 Å². The van der Waals surface area contributed by atoms with E-state index in [9.17, 15) is 9.18 Å². The zero-order valence-corrected chi connectivity index (χ0v) is 20.0. The minimum Gasteiger partial charge on any atom is -0.493 e. The number of aromatic nitrogens is 2. The van der Waals surface area contributed by atoms with Crippen molar-refractivity contribution < 1.29 is 18.7 Å². The van der Waals surface area contributed by atoms with Gasteiger partial charge >= 0.3 is 0 Å². The molecule has 0 saturated carbocycles. The maximum absolute atomic E-state index is 14.4. The lowest BCUT2D eigenvalue weighted by atomic mass is 10.1. The van der Waals surface area contributed by atoms with Gasteiger partial charge in [0.05, 0.1) is 29.4 Å². The van der Waals surface area contributed by atoms with Gasteiger partial charge in [-0.2, -0.15) is 0 Å². The van der Waals surface area contributed by atoms with Crippen LogP contribution in [-0.4, -0.2) is 42.2 Å². The Kier molecular flexibility index (Phi) is 9.24. The molecule has 1 amide bonds. The molecule has 1 atom stereocenters. The van der Waals surface area contributed by atoms with Crippen molar-refractivity contribution >= 4 is 39.9 Å². The highest BCUT2D eigenvalue weighted by atomic mass is 35.5. The number of amides is 1. The maximum Gasteiger partial charge on any atom is 0.220 e. The molecule has 0 spiro atoms. The van der Waals surface area contributed by atoms with Gasteiger partial charge in [-0.3, -0.25) is 4.79 Å². The Balaban J connectivity index is 1.89. The quantitative estimate of drug-likeness (QED) is 0.341. The number of rotatable bonds is 12. The molecule has 0 aliphatic heterocycles. The predicted octanol–water partition coefficient (Wildman–Crippen LogP) is 4.58. The molecule has 10 heteroatoms. The highest BCUT2D eigenvalue weighted by Crippen LogP contribution is 2.36. The van der Waals surface area contributed by atoms with Gasteiger partial charge in [0.15, 0.2) is 17.3 Å². The summed E-state index contributed by atoms with van der Waals surface area (Å²) in [5, 5.41) is 6.38. The Hall–Kier alpha value is -3.17. The first-order valence-corrected chi connectivity index (χ1v) is 11.5. The summed E-state index contributed by atoms with van der Waals surface area (Å²) in [5.74, 6) is 0.743. The number of methoxy groups -OCH3 is 1. The molecule has 1 unspecified atom stereocenters. The summed E-state index contributed by atoms with van der Waals surface area (Å²) >= 11 is 5.91. The molecule has 34 heavy (non-hydrogen) atoms. The molecule has 3 aromatic rings. The minimum absolute atomic E-state index is 0.00644. The van der Waals surface area contributed by atoms with Crippen LogP contribution in [-0.2, 0) is 4.79 Å². The molecule has 0 fully saturated rings. The van der Waals surface area contributed by atoms with Crippen LogP contribution in [0.2, 0.25) is 5.02 Å². The van der Waals surface area contributed by atoms with Gasteiger partial charge in [0.25, 0.3) is 0 Å². The summed E-state index contributed by atoms with van der Waals surface area (Å²) in [6.07, 6.45) is 3.68. The number of anilines is 2. The van der Waals surface area contributed by atoms with E-state index in [1.165, 1.54) is 12.4 Å². The van der Waals surface area contributed by atoms with E-state index in [-0.39, 0.29) is 22.7 Å². The molecule has 0 aliphatic carbocycles. The predicted molar refractivity (Wildman–Crippen MR) is 131 cm³/mol. The van der Waals surface area contributed by atoms with Gasteiger partial charge in [0, 0.05) is 31.0 Å². The second-order valence-corrected chi connectivity index (χ2v) is 8.08. The molecule has 0 bridgehead atoms. The smallest absolute Gasteiger partial charge is 0.220 e. The normalized spacial score (nSPS) is 11.8. The topological polar surface area (TPSA) is 111 Å². The van der Waals surface area contributed by atoms with Crippen molar-refractivity contribution in [3.63, 3.8) is 0 Å². The molecule has 3 rings (SSSR count). The van der Waals surface area contributed by atoms with Gasteiger partial charge < -0.3 is 25.8 Å². The summed E-state index contributed by atoms with van der Waals surface area (Å²) in [5.41, 5.74) is 6.23. The Morgan fingerprint density at radius 3 is 2.79 bits per heavy atom. The van der Waals surface area contributed by atoms with Crippen LogP contribution in [0, 0.1) is 5.82 Å². The second-order valence-electron chi connectivity index (χ2n) is 7.67. The minimum atomic E-state index is -0.572. The van der Waals surface area contributed by atoms with Crippen LogP contribution < -0.4 is 25.8 Å². The molecule has 1 heterocycles. The average Bonchev–Trinajstić information content (AvgIpc) is 2.84. The third-order valence-electron chi connectivity index (χ3n) is 5.19. The summed E-state index contributed by atoms with van der Waals surface area (Å²) in [6, 6.07) is 8.19. The zero-order valence-electron chi connectivity index (χ0n) is 19.2. The van der Waals surface area contributed by atoms with Gasteiger partial charge in [0.1, 0.15) is 12.1 Å². The maximum atomic E-state index is 14.4. The van der Waals surface area contributed by atoms with Crippen molar-refractivity contribution in [2.24, 2.45) is 5.73 Å². The van der Waals surface area contributed by atoms with Crippen LogP contribution in [0.15, 0.2) is 36.7 Å². The van der Waals surface area contributed by atoms with Crippen molar-refractivity contribution in [3.05, 3.63) is 47.5 Å². The molecular formula is C24H29ClFN5O3. The molecule has 1 aromatic heterocycles. The number of hydrogen-bond donors (Lipinski definition) is 3. The standard InChI is InChI=1S/C24H29ClFN5O3/c1-3-5-15(8-9-22(32)28-11-10-27)34-21-12-16-19(13-20(21)33-2)29-14-30-24(16)31-18-7-4-6-17(25)23(18)26/h4,6-7,12-15H,3,5,8-11,27H2,1-2H3,(H,28,32)(H,29,30,31). The first-order chi connectivity index (χ1) is 16.5. The van der Waals surface area contributed by atoms with E-state index in [2.05, 4.69) is 27.5 Å². The van der Waals surface area contributed by atoms with Crippen LogP contribution in [0.3, 0.4) is 0 Å². The Morgan fingerprint density at radius 2 is 2.06 bits per heavy atom. The number of benzene rings is 2. The third kappa shape index (κ3) is 6.45. The summed E-state index contributed by atoms with van der Waals surface area (Å²) in [7, 11) is 1.55. The lowest BCUT2D eigenvalue weighted by Crippen LogP contribution is -2.30. The van der Waals surface area contributed by atoms with E-state index >= 15 is 0 Å². The van der Waals surface area contributed by atoms with Crippen molar-refractivity contribution in [2.75, 3.05) is 25.5 Å². The Labute approximate surface area is 203 Å². The number of carbonyl (C=O) groups excluding carboxylic acids is 1. The molecule has 8 nitrogen and oxygen atoms in total. The lowest BCUT2D eigenvalue weighted by molar-refractivity contribution is -0.121. The van der Waals surface area contributed by atoms with Crippen molar-refractivity contribution in [1.29, 1.82) is 0 Å². The Morgan fingerprint density at radius 1 is 1.24 bits per heavy atom. The van der Waals surface area contributed by atoms with E-state index in [4.69, 9.17) is 26.8 Å². The van der Waals surface area contributed by atoms with Crippen LogP contribution in [0.1, 0.15) is 32.6 Å². The fourth-order valence-corrected chi connectivity index (χ4v) is 3.67. The molecule has 4 N–H and O–H groups in total. The third-order valence-corrected chi connectivity index (χ3v) is 5.48. The van der Waals surface area contributed by atoms with E-state index < -0.39 is 5.82 Å². The number of carbonyl (C=O) groups is 1. The highest BCUT2D eigenvalue weighted by molar-refractivity contribution is 6.31. The fraction of sp³-hybridized carbons (Fsp3) is 0.375. The van der Waals surface area contributed by atoms with Crippen LogP contribution in [0.5, 0.6) is 11.5 Å². The fourth-order valence-electron chi connectivity index (χ4n) is 3.50. The lowest BCUT2D eigenvalue weighted by Gasteiger charge is -2.21. The number of halogens is 2. The summed E-state index contributed by atoms with van der Waals surface area (Å²) in [6.45, 7) is 2.89. The highest BCUT2D eigenvalue weighted by Gasteiger charge is 2.18. The van der Waals surface area contributed by atoms with E-state index in [0.717, 1.165) is 12.8 Å². The van der Waals surface area contributed by atoms with Crippen LogP contribution in [0.4, 0.5) is 15.9 Å².